The lowest BCUT2D eigenvalue weighted by Gasteiger charge is -2.23. The third-order valence-corrected chi connectivity index (χ3v) is 7.79. The van der Waals surface area contributed by atoms with E-state index in [1.165, 1.54) is 19.2 Å². The van der Waals surface area contributed by atoms with Crippen molar-refractivity contribution in [3.05, 3.63) is 17.3 Å². The van der Waals surface area contributed by atoms with Gasteiger partial charge in [-0.25, -0.2) is 9.97 Å². The molecule has 5 rings (SSSR count). The van der Waals surface area contributed by atoms with Gasteiger partial charge in [-0.05, 0) is 50.0 Å². The van der Waals surface area contributed by atoms with Gasteiger partial charge >= 0.3 is 6.18 Å². The Morgan fingerprint density at radius 1 is 1.29 bits per heavy atom. The van der Waals surface area contributed by atoms with Crippen LogP contribution in [0.25, 0.3) is 10.2 Å². The third-order valence-electron chi connectivity index (χ3n) is 6.74. The second-order valence-electron chi connectivity index (χ2n) is 9.18. The molecule has 2 aliphatic heterocycles. The molecule has 2 atom stereocenters. The summed E-state index contributed by atoms with van der Waals surface area (Å²) in [6.07, 6.45) is 2.19. The first-order valence-electron chi connectivity index (χ1n) is 10.9. The van der Waals surface area contributed by atoms with Crippen LogP contribution >= 0.6 is 11.3 Å². The van der Waals surface area contributed by atoms with Gasteiger partial charge < -0.3 is 15.5 Å². The quantitative estimate of drug-likeness (QED) is 0.743. The van der Waals surface area contributed by atoms with Crippen LogP contribution in [0.1, 0.15) is 43.4 Å². The smallest absolute Gasteiger partial charge is 0.356 e. The van der Waals surface area contributed by atoms with Crippen molar-refractivity contribution in [3.8, 4) is 0 Å². The molecule has 31 heavy (non-hydrogen) atoms. The number of fused-ring (bicyclic) bond motifs is 1. The summed E-state index contributed by atoms with van der Waals surface area (Å²) < 4.78 is 38.4. The number of rotatable bonds is 4. The summed E-state index contributed by atoms with van der Waals surface area (Å²) in [7, 11) is 0. The van der Waals surface area contributed by atoms with Gasteiger partial charge in [0.1, 0.15) is 17.0 Å². The molecule has 6 nitrogen and oxygen atoms in total. The molecule has 0 aromatic carbocycles. The molecule has 3 fully saturated rings. The van der Waals surface area contributed by atoms with Gasteiger partial charge in [0.25, 0.3) is 0 Å². The molecule has 1 aliphatic carbocycles. The zero-order valence-electron chi connectivity index (χ0n) is 17.2. The molecular formula is C21H26F3N5OS. The van der Waals surface area contributed by atoms with Crippen LogP contribution in [0.2, 0.25) is 0 Å². The number of carbonyl (C=O) groups excluding carboxylic acids is 1. The maximum absolute atomic E-state index is 12.8. The molecule has 1 spiro atoms. The molecule has 2 aromatic rings. The van der Waals surface area contributed by atoms with E-state index < -0.39 is 12.6 Å². The second kappa shape index (κ2) is 7.88. The molecule has 1 saturated carbocycles. The van der Waals surface area contributed by atoms with Crippen LogP contribution in [0.5, 0.6) is 0 Å². The molecule has 2 N–H and O–H groups in total. The molecule has 10 heteroatoms. The van der Waals surface area contributed by atoms with E-state index in [0.717, 1.165) is 50.1 Å². The summed E-state index contributed by atoms with van der Waals surface area (Å²) in [5.41, 5.74) is 0.381. The summed E-state index contributed by atoms with van der Waals surface area (Å²) in [5.74, 6) is 0.788. The van der Waals surface area contributed by atoms with Crippen LogP contribution in [0, 0.1) is 5.41 Å². The van der Waals surface area contributed by atoms with Crippen LogP contribution in [-0.2, 0) is 11.2 Å². The minimum absolute atomic E-state index is 0.0822. The van der Waals surface area contributed by atoms with E-state index in [9.17, 15) is 18.0 Å². The van der Waals surface area contributed by atoms with E-state index in [2.05, 4.69) is 25.5 Å². The lowest BCUT2D eigenvalue weighted by molar-refractivity contribution is -0.126. The van der Waals surface area contributed by atoms with Gasteiger partial charge in [0, 0.05) is 30.6 Å². The van der Waals surface area contributed by atoms with Gasteiger partial charge in [-0.3, -0.25) is 4.79 Å². The highest BCUT2D eigenvalue weighted by Gasteiger charge is 2.50. The van der Waals surface area contributed by atoms with Crippen molar-refractivity contribution in [1.82, 2.24) is 20.6 Å². The van der Waals surface area contributed by atoms with Gasteiger partial charge in [-0.15, -0.1) is 11.3 Å². The number of anilines is 1. The van der Waals surface area contributed by atoms with Crippen molar-refractivity contribution in [3.63, 3.8) is 0 Å². The average Bonchev–Trinajstić information content (AvgIpc) is 3.22. The van der Waals surface area contributed by atoms with E-state index in [1.807, 2.05) is 0 Å². The van der Waals surface area contributed by atoms with Crippen LogP contribution in [0.3, 0.4) is 0 Å². The Bertz CT molecular complexity index is 974. The number of nitrogens with one attached hydrogen (secondary N) is 2. The molecular weight excluding hydrogens is 427 g/mol. The fourth-order valence-corrected chi connectivity index (χ4v) is 5.87. The summed E-state index contributed by atoms with van der Waals surface area (Å²) in [6, 6.07) is 1.60. The number of hydrogen-bond donors (Lipinski definition) is 2. The Morgan fingerprint density at radius 3 is 2.87 bits per heavy atom. The predicted octanol–water partition coefficient (Wildman–Crippen LogP) is 3.41. The van der Waals surface area contributed by atoms with Crippen molar-refractivity contribution in [2.24, 2.45) is 5.41 Å². The van der Waals surface area contributed by atoms with Crippen LogP contribution in [0.4, 0.5) is 19.0 Å². The summed E-state index contributed by atoms with van der Waals surface area (Å²) in [4.78, 5) is 24.2. The molecule has 2 aromatic heterocycles. The van der Waals surface area contributed by atoms with Gasteiger partial charge in [0.05, 0.1) is 17.8 Å². The Hall–Kier alpha value is -1.94. The third kappa shape index (κ3) is 4.64. The summed E-state index contributed by atoms with van der Waals surface area (Å²) >= 11 is 1.07. The molecule has 1 unspecified atom stereocenters. The van der Waals surface area contributed by atoms with Crippen molar-refractivity contribution in [2.45, 2.75) is 63.2 Å². The number of thiophene rings is 1. The number of hydrogen-bond acceptors (Lipinski definition) is 6. The number of aromatic nitrogens is 2. The van der Waals surface area contributed by atoms with E-state index in [4.69, 9.17) is 0 Å². The SMILES string of the molecule is O=C(NC1CCCN(c2ncnc3sc(CC(F)(F)F)cc23)CC1)[C@@H]1CC2(CC2)CN1. The Kier molecular flexibility index (Phi) is 5.32. The van der Waals surface area contributed by atoms with Gasteiger partial charge in [0.15, 0.2) is 0 Å². The Balaban J connectivity index is 1.24. The molecule has 0 radical (unpaired) electrons. The number of nitrogens with zero attached hydrogens (tertiary/aromatic N) is 3. The maximum atomic E-state index is 12.8. The Morgan fingerprint density at radius 2 is 2.13 bits per heavy atom. The minimum Gasteiger partial charge on any atom is -0.356 e. The lowest BCUT2D eigenvalue weighted by Crippen LogP contribution is -2.45. The largest absolute Gasteiger partial charge is 0.393 e. The molecule has 0 bridgehead atoms. The highest BCUT2D eigenvalue weighted by atomic mass is 32.1. The maximum Gasteiger partial charge on any atom is 0.393 e. The standard InChI is InChI=1S/C21H26F3N5OS/c22-21(23,24)9-14-8-15-17(26-12-27-19(15)31-14)29-6-1-2-13(3-7-29)28-18(30)16-10-20(4-5-20)11-25-16/h8,12-13,16,25H,1-7,9-11H2,(H,28,30)/t13?,16-/m0/s1. The van der Waals surface area contributed by atoms with Crippen LogP contribution < -0.4 is 15.5 Å². The fraction of sp³-hybridized carbons (Fsp3) is 0.667. The van der Waals surface area contributed by atoms with Crippen molar-refractivity contribution in [1.29, 1.82) is 0 Å². The number of carbonyl (C=O) groups is 1. The zero-order valence-corrected chi connectivity index (χ0v) is 18.0. The van der Waals surface area contributed by atoms with E-state index in [1.54, 1.807) is 6.07 Å². The van der Waals surface area contributed by atoms with E-state index in [0.29, 0.717) is 28.0 Å². The number of alkyl halides is 3. The van der Waals surface area contributed by atoms with Gasteiger partial charge in [-0.1, -0.05) is 0 Å². The monoisotopic (exact) mass is 453 g/mol. The highest BCUT2D eigenvalue weighted by Crippen LogP contribution is 2.51. The van der Waals surface area contributed by atoms with Crippen molar-refractivity contribution >= 4 is 33.3 Å². The molecule has 168 valence electrons. The summed E-state index contributed by atoms with van der Waals surface area (Å²) in [6.45, 7) is 2.40. The molecule has 3 aliphatic rings. The first kappa shape index (κ1) is 20.9. The van der Waals surface area contributed by atoms with E-state index >= 15 is 0 Å². The first-order chi connectivity index (χ1) is 14.8. The van der Waals surface area contributed by atoms with Crippen LogP contribution in [-0.4, -0.2) is 53.8 Å². The fourth-order valence-electron chi connectivity index (χ4n) is 4.84. The Labute approximate surface area is 182 Å². The second-order valence-corrected chi connectivity index (χ2v) is 10.3. The zero-order chi connectivity index (χ0) is 21.6. The number of amides is 1. The van der Waals surface area contributed by atoms with Crippen molar-refractivity contribution < 1.29 is 18.0 Å². The normalized spacial score (nSPS) is 25.7. The summed E-state index contributed by atoms with van der Waals surface area (Å²) in [5, 5.41) is 7.27. The highest BCUT2D eigenvalue weighted by molar-refractivity contribution is 7.18. The van der Waals surface area contributed by atoms with Gasteiger partial charge in [-0.2, -0.15) is 13.2 Å². The lowest BCUT2D eigenvalue weighted by atomic mass is 10.0. The average molecular weight is 454 g/mol. The first-order valence-corrected chi connectivity index (χ1v) is 11.7. The molecule has 4 heterocycles. The van der Waals surface area contributed by atoms with Gasteiger partial charge in [0.2, 0.25) is 5.91 Å². The van der Waals surface area contributed by atoms with E-state index in [-0.39, 0.29) is 22.9 Å². The van der Waals surface area contributed by atoms with Crippen LogP contribution in [0.15, 0.2) is 12.4 Å². The predicted molar refractivity (Wildman–Crippen MR) is 113 cm³/mol. The molecule has 2 saturated heterocycles. The topological polar surface area (TPSA) is 70.2 Å². The minimum atomic E-state index is -4.24. The molecule has 1 amide bonds. The number of halogens is 3. The van der Waals surface area contributed by atoms with Crippen molar-refractivity contribution in [2.75, 3.05) is 24.5 Å².